The molecule has 9 heteroatoms. The normalized spacial score (nSPS) is 14.2. The van der Waals surface area contributed by atoms with Crippen molar-refractivity contribution in [2.45, 2.75) is 24.2 Å². The summed E-state index contributed by atoms with van der Waals surface area (Å²) in [5.74, 6) is -0.214. The average molecular weight is 422 g/mol. The fraction of sp³-hybridized carbons (Fsp3) is 0.263. The summed E-state index contributed by atoms with van der Waals surface area (Å²) in [6.07, 6.45) is 1.51. The number of rotatable bonds is 7. The van der Waals surface area contributed by atoms with Crippen LogP contribution in [0.3, 0.4) is 0 Å². The van der Waals surface area contributed by atoms with Crippen molar-refractivity contribution in [3.05, 3.63) is 53.6 Å². The van der Waals surface area contributed by atoms with Crippen LogP contribution in [-0.4, -0.2) is 38.2 Å². The van der Waals surface area contributed by atoms with Crippen molar-refractivity contribution in [3.63, 3.8) is 0 Å². The maximum absolute atomic E-state index is 12.6. The Morgan fingerprint density at radius 3 is 2.54 bits per heavy atom. The summed E-state index contributed by atoms with van der Waals surface area (Å²) in [5, 5.41) is 3.18. The minimum Gasteiger partial charge on any atom is -0.342 e. The van der Waals surface area contributed by atoms with Crippen molar-refractivity contribution in [2.75, 3.05) is 23.1 Å². The van der Waals surface area contributed by atoms with Crippen LogP contribution in [0.5, 0.6) is 0 Å². The standard InChI is InChI=1S/C19H20ClN3O4S/c20-14-6-8-15(9-7-14)22-28(26,27)17-4-1-3-16(13-17)21-18(24)10-12-23-11-2-5-19(23)25/h1,3-4,6-9,13,22H,2,5,10-12H2,(H,21,24). The van der Waals surface area contributed by atoms with Crippen molar-refractivity contribution < 1.29 is 18.0 Å². The van der Waals surface area contributed by atoms with Gasteiger partial charge in [-0.2, -0.15) is 0 Å². The zero-order valence-corrected chi connectivity index (χ0v) is 16.6. The van der Waals surface area contributed by atoms with Crippen LogP contribution < -0.4 is 10.0 Å². The van der Waals surface area contributed by atoms with Gasteiger partial charge in [0.15, 0.2) is 0 Å². The number of anilines is 2. The Bertz CT molecular complexity index is 977. The number of hydrogen-bond acceptors (Lipinski definition) is 4. The highest BCUT2D eigenvalue weighted by molar-refractivity contribution is 7.92. The van der Waals surface area contributed by atoms with Crippen LogP contribution in [0.4, 0.5) is 11.4 Å². The number of carbonyl (C=O) groups is 2. The van der Waals surface area contributed by atoms with Crippen LogP contribution >= 0.6 is 11.6 Å². The summed E-state index contributed by atoms with van der Waals surface area (Å²) < 4.78 is 27.6. The number of likely N-dealkylation sites (tertiary alicyclic amines) is 1. The quantitative estimate of drug-likeness (QED) is 0.718. The molecule has 1 saturated heterocycles. The fourth-order valence-electron chi connectivity index (χ4n) is 2.87. The van der Waals surface area contributed by atoms with Crippen molar-refractivity contribution in [1.82, 2.24) is 4.90 Å². The van der Waals surface area contributed by atoms with Gasteiger partial charge in [0.1, 0.15) is 0 Å². The lowest BCUT2D eigenvalue weighted by Gasteiger charge is -2.15. The summed E-state index contributed by atoms with van der Waals surface area (Å²) >= 11 is 5.81. The molecule has 0 aromatic heterocycles. The minimum atomic E-state index is -3.81. The molecule has 2 aromatic rings. The lowest BCUT2D eigenvalue weighted by Crippen LogP contribution is -2.28. The van der Waals surface area contributed by atoms with Gasteiger partial charge in [-0.15, -0.1) is 0 Å². The van der Waals surface area contributed by atoms with Gasteiger partial charge in [0.2, 0.25) is 11.8 Å². The fourth-order valence-corrected chi connectivity index (χ4v) is 4.10. The van der Waals surface area contributed by atoms with Crippen LogP contribution in [0.1, 0.15) is 19.3 Å². The van der Waals surface area contributed by atoms with Crippen molar-refractivity contribution in [1.29, 1.82) is 0 Å². The van der Waals surface area contributed by atoms with Gasteiger partial charge >= 0.3 is 0 Å². The molecule has 0 aliphatic carbocycles. The number of benzene rings is 2. The molecular weight excluding hydrogens is 402 g/mol. The second kappa shape index (κ2) is 8.62. The molecule has 1 fully saturated rings. The number of nitrogens with one attached hydrogen (secondary N) is 2. The number of nitrogens with zero attached hydrogens (tertiary/aromatic N) is 1. The zero-order chi connectivity index (χ0) is 20.1. The van der Waals surface area contributed by atoms with Gasteiger partial charge in [-0.25, -0.2) is 8.42 Å². The molecule has 2 N–H and O–H groups in total. The van der Waals surface area contributed by atoms with Crippen LogP contribution in [0.2, 0.25) is 5.02 Å². The molecule has 3 rings (SSSR count). The lowest BCUT2D eigenvalue weighted by atomic mass is 10.3. The van der Waals surface area contributed by atoms with Crippen LogP contribution in [0.15, 0.2) is 53.4 Å². The molecule has 148 valence electrons. The van der Waals surface area contributed by atoms with E-state index in [2.05, 4.69) is 10.0 Å². The Balaban J connectivity index is 1.63. The third kappa shape index (κ3) is 5.24. The molecule has 0 unspecified atom stereocenters. The van der Waals surface area contributed by atoms with Crippen LogP contribution in [-0.2, 0) is 19.6 Å². The van der Waals surface area contributed by atoms with E-state index in [4.69, 9.17) is 11.6 Å². The second-order valence-electron chi connectivity index (χ2n) is 6.42. The summed E-state index contributed by atoms with van der Waals surface area (Å²) in [7, 11) is -3.81. The molecule has 1 heterocycles. The molecule has 0 spiro atoms. The van der Waals surface area contributed by atoms with Gasteiger partial charge in [-0.05, 0) is 48.9 Å². The highest BCUT2D eigenvalue weighted by Gasteiger charge is 2.20. The first-order valence-corrected chi connectivity index (χ1v) is 10.7. The van der Waals surface area contributed by atoms with E-state index >= 15 is 0 Å². The Hall–Kier alpha value is -2.58. The van der Waals surface area contributed by atoms with E-state index in [1.165, 1.54) is 12.1 Å². The van der Waals surface area contributed by atoms with Gasteiger partial charge in [-0.3, -0.25) is 14.3 Å². The van der Waals surface area contributed by atoms with Crippen LogP contribution in [0, 0.1) is 0 Å². The molecule has 2 amide bonds. The Kier molecular flexibility index (Phi) is 6.21. The second-order valence-corrected chi connectivity index (χ2v) is 8.54. The molecule has 2 aromatic carbocycles. The Labute approximate surface area is 168 Å². The van der Waals surface area contributed by atoms with E-state index in [-0.39, 0.29) is 23.1 Å². The molecule has 7 nitrogen and oxygen atoms in total. The molecule has 0 radical (unpaired) electrons. The number of sulfonamides is 1. The zero-order valence-electron chi connectivity index (χ0n) is 15.0. The molecule has 1 aliphatic heterocycles. The summed E-state index contributed by atoms with van der Waals surface area (Å²) in [4.78, 5) is 25.4. The number of amides is 2. The molecule has 1 aliphatic rings. The van der Waals surface area contributed by atoms with Crippen molar-refractivity contribution >= 4 is 44.8 Å². The summed E-state index contributed by atoms with van der Waals surface area (Å²) in [5.41, 5.74) is 0.755. The van der Waals surface area contributed by atoms with E-state index in [1.54, 1.807) is 41.3 Å². The van der Waals surface area contributed by atoms with E-state index in [0.29, 0.717) is 35.9 Å². The van der Waals surface area contributed by atoms with E-state index < -0.39 is 10.0 Å². The molecular formula is C19H20ClN3O4S. The Morgan fingerprint density at radius 1 is 1.11 bits per heavy atom. The number of halogens is 1. The topological polar surface area (TPSA) is 95.6 Å². The average Bonchev–Trinajstić information content (AvgIpc) is 3.07. The third-order valence-electron chi connectivity index (χ3n) is 4.30. The van der Waals surface area contributed by atoms with Gasteiger partial charge in [0.05, 0.1) is 4.90 Å². The van der Waals surface area contributed by atoms with Crippen molar-refractivity contribution in [3.8, 4) is 0 Å². The van der Waals surface area contributed by atoms with Crippen molar-refractivity contribution in [2.24, 2.45) is 0 Å². The first-order valence-electron chi connectivity index (χ1n) is 8.79. The highest BCUT2D eigenvalue weighted by Crippen LogP contribution is 2.21. The molecule has 0 saturated carbocycles. The van der Waals surface area contributed by atoms with Gasteiger partial charge in [0, 0.05) is 42.3 Å². The predicted octanol–water partition coefficient (Wildman–Crippen LogP) is 3.09. The van der Waals surface area contributed by atoms with Gasteiger partial charge < -0.3 is 10.2 Å². The molecule has 0 atom stereocenters. The molecule has 28 heavy (non-hydrogen) atoms. The predicted molar refractivity (Wildman–Crippen MR) is 108 cm³/mol. The van der Waals surface area contributed by atoms with E-state index in [1.807, 2.05) is 0 Å². The van der Waals surface area contributed by atoms with E-state index in [0.717, 1.165) is 6.42 Å². The molecule has 0 bridgehead atoms. The number of hydrogen-bond donors (Lipinski definition) is 2. The third-order valence-corrected chi connectivity index (χ3v) is 5.94. The number of carbonyl (C=O) groups excluding carboxylic acids is 2. The van der Waals surface area contributed by atoms with E-state index in [9.17, 15) is 18.0 Å². The Morgan fingerprint density at radius 2 is 1.86 bits per heavy atom. The largest absolute Gasteiger partial charge is 0.342 e. The monoisotopic (exact) mass is 421 g/mol. The first kappa shape index (κ1) is 20.2. The maximum Gasteiger partial charge on any atom is 0.261 e. The summed E-state index contributed by atoms with van der Waals surface area (Å²) in [6, 6.07) is 12.3. The van der Waals surface area contributed by atoms with Gasteiger partial charge in [-0.1, -0.05) is 17.7 Å². The SMILES string of the molecule is O=C(CCN1CCCC1=O)Nc1cccc(S(=O)(=O)Nc2ccc(Cl)cc2)c1. The smallest absolute Gasteiger partial charge is 0.261 e. The highest BCUT2D eigenvalue weighted by atomic mass is 35.5. The summed E-state index contributed by atoms with van der Waals surface area (Å²) in [6.45, 7) is 1.04. The first-order chi connectivity index (χ1) is 13.3. The van der Waals surface area contributed by atoms with Crippen LogP contribution in [0.25, 0.3) is 0 Å². The lowest BCUT2D eigenvalue weighted by molar-refractivity contribution is -0.128. The maximum atomic E-state index is 12.6. The van der Waals surface area contributed by atoms with Gasteiger partial charge in [0.25, 0.3) is 10.0 Å². The minimum absolute atomic E-state index is 0.0231.